The SMILES string of the molecule is Cc1nn(-c2ccc(F)cc2)c(Cl)c1/C=C/C(=O)OCC(=O)N(CCC#N)CCC#N. The second-order valence-electron chi connectivity index (χ2n) is 6.32. The highest BCUT2D eigenvalue weighted by molar-refractivity contribution is 6.31. The van der Waals surface area contributed by atoms with E-state index in [1.165, 1.54) is 39.9 Å². The van der Waals surface area contributed by atoms with E-state index >= 15 is 0 Å². The number of rotatable bonds is 9. The highest BCUT2D eigenvalue weighted by atomic mass is 35.5. The summed E-state index contributed by atoms with van der Waals surface area (Å²) in [6.07, 6.45) is 2.76. The summed E-state index contributed by atoms with van der Waals surface area (Å²) in [5.41, 5.74) is 1.56. The van der Waals surface area contributed by atoms with Gasteiger partial charge in [0.15, 0.2) is 6.61 Å². The Morgan fingerprint density at radius 2 is 1.84 bits per heavy atom. The van der Waals surface area contributed by atoms with Gasteiger partial charge in [0, 0.05) is 24.7 Å². The van der Waals surface area contributed by atoms with Crippen molar-refractivity contribution in [3.8, 4) is 17.8 Å². The van der Waals surface area contributed by atoms with Crippen LogP contribution in [0.2, 0.25) is 5.15 Å². The third-order valence-corrected chi connectivity index (χ3v) is 4.55. The minimum Gasteiger partial charge on any atom is -0.452 e. The number of ether oxygens (including phenoxy) is 1. The maximum Gasteiger partial charge on any atom is 0.331 e. The predicted molar refractivity (Wildman–Crippen MR) is 110 cm³/mol. The van der Waals surface area contributed by atoms with Crippen molar-refractivity contribution in [3.63, 3.8) is 0 Å². The van der Waals surface area contributed by atoms with E-state index in [-0.39, 0.29) is 36.9 Å². The fourth-order valence-corrected chi connectivity index (χ4v) is 2.94. The molecule has 0 bridgehead atoms. The predicted octanol–water partition coefficient (Wildman–Crippen LogP) is 3.19. The number of hydrogen-bond donors (Lipinski definition) is 0. The van der Waals surface area contributed by atoms with Crippen LogP contribution >= 0.6 is 11.6 Å². The second kappa shape index (κ2) is 11.5. The molecule has 1 amide bonds. The van der Waals surface area contributed by atoms with Crippen LogP contribution in [0.1, 0.15) is 24.1 Å². The maximum absolute atomic E-state index is 13.1. The largest absolute Gasteiger partial charge is 0.452 e. The first kappa shape index (κ1) is 23.6. The molecule has 0 aliphatic heterocycles. The van der Waals surface area contributed by atoms with E-state index in [0.29, 0.717) is 16.9 Å². The minimum absolute atomic E-state index is 0.112. The molecule has 0 aliphatic carbocycles. The second-order valence-corrected chi connectivity index (χ2v) is 6.67. The van der Waals surface area contributed by atoms with Crippen molar-refractivity contribution >= 4 is 29.6 Å². The van der Waals surface area contributed by atoms with Gasteiger partial charge in [-0.1, -0.05) is 11.6 Å². The molecule has 0 unspecified atom stereocenters. The van der Waals surface area contributed by atoms with E-state index in [9.17, 15) is 14.0 Å². The Balaban J connectivity index is 2.01. The molecule has 1 aromatic carbocycles. The lowest BCUT2D eigenvalue weighted by Gasteiger charge is -2.19. The number of aryl methyl sites for hydroxylation is 1. The van der Waals surface area contributed by atoms with Gasteiger partial charge < -0.3 is 9.64 Å². The lowest BCUT2D eigenvalue weighted by Crippen LogP contribution is -2.36. The zero-order valence-electron chi connectivity index (χ0n) is 16.7. The van der Waals surface area contributed by atoms with Gasteiger partial charge in [0.25, 0.3) is 5.91 Å². The van der Waals surface area contributed by atoms with Gasteiger partial charge in [0.2, 0.25) is 0 Å². The van der Waals surface area contributed by atoms with Crippen LogP contribution in [0.25, 0.3) is 11.8 Å². The fourth-order valence-electron chi connectivity index (χ4n) is 2.61. The first-order valence-corrected chi connectivity index (χ1v) is 9.62. The van der Waals surface area contributed by atoms with Crippen LogP contribution in [0.5, 0.6) is 0 Å². The molecule has 0 radical (unpaired) electrons. The molecule has 0 aliphatic rings. The van der Waals surface area contributed by atoms with Crippen molar-refractivity contribution < 1.29 is 18.7 Å². The van der Waals surface area contributed by atoms with E-state index in [4.69, 9.17) is 26.9 Å². The smallest absolute Gasteiger partial charge is 0.331 e. The van der Waals surface area contributed by atoms with Gasteiger partial charge >= 0.3 is 5.97 Å². The molecule has 10 heteroatoms. The molecule has 2 aromatic rings. The zero-order chi connectivity index (χ0) is 22.8. The average Bonchev–Trinajstić information content (AvgIpc) is 3.04. The Labute approximate surface area is 183 Å². The molecule has 1 heterocycles. The number of esters is 1. The first-order chi connectivity index (χ1) is 14.9. The van der Waals surface area contributed by atoms with Gasteiger partial charge in [-0.05, 0) is 37.3 Å². The number of hydrogen-bond acceptors (Lipinski definition) is 6. The van der Waals surface area contributed by atoms with Crippen LogP contribution in [0, 0.1) is 35.4 Å². The fraction of sp³-hybridized carbons (Fsp3) is 0.286. The topological polar surface area (TPSA) is 112 Å². The molecular weight excluding hydrogens is 425 g/mol. The van der Waals surface area contributed by atoms with Crippen LogP contribution in [-0.2, 0) is 14.3 Å². The van der Waals surface area contributed by atoms with Crippen LogP contribution in [0.4, 0.5) is 4.39 Å². The van der Waals surface area contributed by atoms with E-state index in [0.717, 1.165) is 6.08 Å². The lowest BCUT2D eigenvalue weighted by atomic mass is 10.2. The Kier molecular flexibility index (Phi) is 8.74. The molecule has 0 saturated carbocycles. The molecule has 1 aromatic heterocycles. The summed E-state index contributed by atoms with van der Waals surface area (Å²) in [5, 5.41) is 21.9. The number of nitrogens with zero attached hydrogens (tertiary/aromatic N) is 5. The Morgan fingerprint density at radius 1 is 1.23 bits per heavy atom. The highest BCUT2D eigenvalue weighted by Gasteiger charge is 2.16. The Bertz CT molecular complexity index is 1030. The van der Waals surface area contributed by atoms with Crippen molar-refractivity contribution in [1.82, 2.24) is 14.7 Å². The summed E-state index contributed by atoms with van der Waals surface area (Å²) in [6, 6.07) is 9.45. The number of benzene rings is 1. The molecule has 2 rings (SSSR count). The van der Waals surface area contributed by atoms with Crippen LogP contribution in [0.3, 0.4) is 0 Å². The molecule has 0 saturated heterocycles. The number of aromatic nitrogens is 2. The standard InChI is InChI=1S/C21H19ClFN5O3/c1-15-18(21(22)28(26-15)17-6-4-16(23)5-7-17)8-9-20(30)31-14-19(29)27(12-2-10-24)13-3-11-25/h4-9H,2-3,12-14H2,1H3/b9-8+. The third kappa shape index (κ3) is 6.66. The van der Waals surface area contributed by atoms with Gasteiger partial charge in [0.1, 0.15) is 11.0 Å². The van der Waals surface area contributed by atoms with Gasteiger partial charge in [-0.3, -0.25) is 4.79 Å². The van der Waals surface area contributed by atoms with Gasteiger partial charge in [-0.2, -0.15) is 15.6 Å². The van der Waals surface area contributed by atoms with Gasteiger partial charge in [-0.25, -0.2) is 13.9 Å². The summed E-state index contributed by atoms with van der Waals surface area (Å²) in [6.45, 7) is 1.49. The zero-order valence-corrected chi connectivity index (χ0v) is 17.5. The monoisotopic (exact) mass is 443 g/mol. The molecule has 0 fully saturated rings. The molecule has 0 N–H and O–H groups in total. The number of carbonyl (C=O) groups excluding carboxylic acids is 2. The van der Waals surface area contributed by atoms with Gasteiger partial charge in [0.05, 0.1) is 36.4 Å². The normalized spacial score (nSPS) is 10.5. The summed E-state index contributed by atoms with van der Waals surface area (Å²) in [7, 11) is 0. The summed E-state index contributed by atoms with van der Waals surface area (Å²) in [4.78, 5) is 25.5. The molecule has 31 heavy (non-hydrogen) atoms. The van der Waals surface area contributed by atoms with Crippen molar-refractivity contribution in [1.29, 1.82) is 10.5 Å². The summed E-state index contributed by atoms with van der Waals surface area (Å²) in [5.74, 6) is -1.65. The Morgan fingerprint density at radius 3 is 2.42 bits per heavy atom. The molecule has 0 atom stereocenters. The van der Waals surface area contributed by atoms with E-state index in [2.05, 4.69) is 5.10 Å². The molecular formula is C21H19ClFN5O3. The van der Waals surface area contributed by atoms with E-state index in [1.807, 2.05) is 12.1 Å². The van der Waals surface area contributed by atoms with Crippen molar-refractivity contribution in [2.75, 3.05) is 19.7 Å². The average molecular weight is 444 g/mol. The lowest BCUT2D eigenvalue weighted by molar-refractivity contribution is -0.148. The van der Waals surface area contributed by atoms with Crippen LogP contribution < -0.4 is 0 Å². The van der Waals surface area contributed by atoms with Gasteiger partial charge in [-0.15, -0.1) is 0 Å². The number of halogens is 2. The number of nitriles is 2. The summed E-state index contributed by atoms with van der Waals surface area (Å²) < 4.78 is 19.5. The summed E-state index contributed by atoms with van der Waals surface area (Å²) >= 11 is 6.34. The van der Waals surface area contributed by atoms with Crippen molar-refractivity contribution in [2.45, 2.75) is 19.8 Å². The molecule has 160 valence electrons. The van der Waals surface area contributed by atoms with E-state index < -0.39 is 18.5 Å². The third-order valence-electron chi connectivity index (χ3n) is 4.18. The van der Waals surface area contributed by atoms with Crippen molar-refractivity contribution in [2.24, 2.45) is 0 Å². The molecule has 8 nitrogen and oxygen atoms in total. The van der Waals surface area contributed by atoms with Crippen LogP contribution in [-0.4, -0.2) is 46.3 Å². The maximum atomic E-state index is 13.1. The van der Waals surface area contributed by atoms with E-state index in [1.54, 1.807) is 6.92 Å². The first-order valence-electron chi connectivity index (χ1n) is 9.25. The number of carbonyl (C=O) groups is 2. The Hall–Kier alpha value is -3.69. The highest BCUT2D eigenvalue weighted by Crippen LogP contribution is 2.24. The molecule has 0 spiro atoms. The van der Waals surface area contributed by atoms with Crippen LogP contribution in [0.15, 0.2) is 30.3 Å². The minimum atomic E-state index is -0.765. The van der Waals surface area contributed by atoms with Crippen molar-refractivity contribution in [3.05, 3.63) is 52.6 Å². The quantitative estimate of drug-likeness (QED) is 0.434. The number of amides is 1.